The number of aryl methyl sites for hydroxylation is 1. The Morgan fingerprint density at radius 3 is 2.58 bits per heavy atom. The Bertz CT molecular complexity index is 680. The van der Waals surface area contributed by atoms with Crippen molar-refractivity contribution in [1.82, 2.24) is 9.97 Å². The van der Waals surface area contributed by atoms with Crippen molar-refractivity contribution in [2.45, 2.75) is 26.7 Å². The van der Waals surface area contributed by atoms with Crippen molar-refractivity contribution in [3.05, 3.63) is 50.7 Å². The van der Waals surface area contributed by atoms with E-state index >= 15 is 0 Å². The molecule has 0 spiro atoms. The van der Waals surface area contributed by atoms with Gasteiger partial charge in [-0.15, -0.1) is 0 Å². The summed E-state index contributed by atoms with van der Waals surface area (Å²) in [4.78, 5) is 19.1. The van der Waals surface area contributed by atoms with Crippen LogP contribution < -0.4 is 5.56 Å². The molecule has 0 unspecified atom stereocenters. The van der Waals surface area contributed by atoms with E-state index in [0.29, 0.717) is 22.6 Å². The SMILES string of the molecule is Cc1nc(-c2ccc(F)c(Cl)c2)[nH]c(=O)c1C(C)C. The van der Waals surface area contributed by atoms with Gasteiger partial charge in [-0.25, -0.2) is 9.37 Å². The van der Waals surface area contributed by atoms with Gasteiger partial charge in [0.15, 0.2) is 0 Å². The molecule has 0 saturated heterocycles. The maximum atomic E-state index is 13.1. The van der Waals surface area contributed by atoms with Gasteiger partial charge in [-0.2, -0.15) is 0 Å². The molecule has 5 heteroatoms. The van der Waals surface area contributed by atoms with Crippen LogP contribution in [0, 0.1) is 12.7 Å². The minimum Gasteiger partial charge on any atom is -0.306 e. The van der Waals surface area contributed by atoms with E-state index in [4.69, 9.17) is 11.6 Å². The highest BCUT2D eigenvalue weighted by molar-refractivity contribution is 6.31. The fraction of sp³-hybridized carbons (Fsp3) is 0.286. The molecule has 0 saturated carbocycles. The zero-order valence-corrected chi connectivity index (χ0v) is 11.7. The van der Waals surface area contributed by atoms with E-state index in [1.807, 2.05) is 13.8 Å². The van der Waals surface area contributed by atoms with Crippen LogP contribution in [0.1, 0.15) is 31.0 Å². The number of H-pyrrole nitrogens is 1. The van der Waals surface area contributed by atoms with Gasteiger partial charge in [0.2, 0.25) is 0 Å². The fourth-order valence-corrected chi connectivity index (χ4v) is 2.24. The minimum absolute atomic E-state index is 0.00531. The molecule has 0 radical (unpaired) electrons. The van der Waals surface area contributed by atoms with E-state index in [1.54, 1.807) is 6.92 Å². The number of halogens is 2. The Hall–Kier alpha value is -1.68. The topological polar surface area (TPSA) is 45.8 Å². The summed E-state index contributed by atoms with van der Waals surface area (Å²) in [6, 6.07) is 4.24. The predicted octanol–water partition coefficient (Wildman–Crippen LogP) is 3.66. The number of hydrogen-bond acceptors (Lipinski definition) is 2. The van der Waals surface area contributed by atoms with Crippen molar-refractivity contribution in [2.75, 3.05) is 0 Å². The first-order valence-electron chi connectivity index (χ1n) is 5.96. The van der Waals surface area contributed by atoms with Crippen molar-refractivity contribution in [3.63, 3.8) is 0 Å². The zero-order chi connectivity index (χ0) is 14.2. The van der Waals surface area contributed by atoms with Crippen LogP contribution >= 0.6 is 11.6 Å². The second kappa shape index (κ2) is 5.13. The largest absolute Gasteiger partial charge is 0.306 e. The van der Waals surface area contributed by atoms with Crippen LogP contribution in [0.5, 0.6) is 0 Å². The summed E-state index contributed by atoms with van der Waals surface area (Å²) >= 11 is 5.73. The standard InChI is InChI=1S/C14H14ClFN2O/c1-7(2)12-8(3)17-13(18-14(12)19)9-4-5-11(16)10(15)6-9/h4-7H,1-3H3,(H,17,18,19). The van der Waals surface area contributed by atoms with E-state index in [2.05, 4.69) is 9.97 Å². The van der Waals surface area contributed by atoms with Crippen LogP contribution in [-0.4, -0.2) is 9.97 Å². The molecule has 0 bridgehead atoms. The summed E-state index contributed by atoms with van der Waals surface area (Å²) in [5.41, 5.74) is 1.76. The summed E-state index contributed by atoms with van der Waals surface area (Å²) in [6.07, 6.45) is 0. The predicted molar refractivity (Wildman–Crippen MR) is 74.1 cm³/mol. The van der Waals surface area contributed by atoms with E-state index in [9.17, 15) is 9.18 Å². The summed E-state index contributed by atoms with van der Waals surface area (Å²) in [5, 5.41) is 0.00531. The lowest BCUT2D eigenvalue weighted by atomic mass is 10.0. The van der Waals surface area contributed by atoms with Gasteiger partial charge < -0.3 is 4.98 Å². The molecular weight excluding hydrogens is 267 g/mol. The Kier molecular flexibility index (Phi) is 3.71. The van der Waals surface area contributed by atoms with Crippen LogP contribution in [0.2, 0.25) is 5.02 Å². The van der Waals surface area contributed by atoms with E-state index in [1.165, 1.54) is 18.2 Å². The number of hydrogen-bond donors (Lipinski definition) is 1. The maximum Gasteiger partial charge on any atom is 0.254 e. The molecule has 0 aliphatic rings. The van der Waals surface area contributed by atoms with Crippen molar-refractivity contribution < 1.29 is 4.39 Å². The highest BCUT2D eigenvalue weighted by Crippen LogP contribution is 2.23. The molecule has 0 atom stereocenters. The summed E-state index contributed by atoms with van der Waals surface area (Å²) in [6.45, 7) is 5.67. The summed E-state index contributed by atoms with van der Waals surface area (Å²) < 4.78 is 13.1. The van der Waals surface area contributed by atoms with Crippen molar-refractivity contribution in [1.29, 1.82) is 0 Å². The van der Waals surface area contributed by atoms with Crippen LogP contribution in [0.25, 0.3) is 11.4 Å². The first-order chi connectivity index (χ1) is 8.90. The zero-order valence-electron chi connectivity index (χ0n) is 10.9. The minimum atomic E-state index is -0.497. The molecular formula is C14H14ClFN2O. The first-order valence-corrected chi connectivity index (χ1v) is 6.34. The molecule has 2 aromatic rings. The lowest BCUT2D eigenvalue weighted by molar-refractivity contribution is 0.628. The van der Waals surface area contributed by atoms with Crippen molar-refractivity contribution >= 4 is 11.6 Å². The molecule has 2 rings (SSSR count). The fourth-order valence-electron chi connectivity index (χ4n) is 2.06. The molecule has 100 valence electrons. The number of nitrogens with zero attached hydrogens (tertiary/aromatic N) is 1. The van der Waals surface area contributed by atoms with Crippen LogP contribution in [0.3, 0.4) is 0 Å². The second-order valence-electron chi connectivity index (χ2n) is 4.70. The number of nitrogens with one attached hydrogen (secondary N) is 1. The van der Waals surface area contributed by atoms with Gasteiger partial charge in [-0.05, 0) is 31.0 Å². The number of aromatic amines is 1. The number of aromatic nitrogens is 2. The molecule has 0 aliphatic carbocycles. The lowest BCUT2D eigenvalue weighted by Gasteiger charge is -2.10. The van der Waals surface area contributed by atoms with E-state index in [-0.39, 0.29) is 16.5 Å². The van der Waals surface area contributed by atoms with Gasteiger partial charge in [0.1, 0.15) is 11.6 Å². The van der Waals surface area contributed by atoms with Crippen molar-refractivity contribution in [2.24, 2.45) is 0 Å². The molecule has 19 heavy (non-hydrogen) atoms. The average Bonchev–Trinajstić information content (AvgIpc) is 2.31. The first kappa shape index (κ1) is 13.7. The maximum absolute atomic E-state index is 13.1. The highest BCUT2D eigenvalue weighted by Gasteiger charge is 2.13. The Morgan fingerprint density at radius 2 is 2.05 bits per heavy atom. The summed E-state index contributed by atoms with van der Waals surface area (Å²) in [7, 11) is 0. The van der Waals surface area contributed by atoms with Crippen LogP contribution in [0.15, 0.2) is 23.0 Å². The highest BCUT2D eigenvalue weighted by atomic mass is 35.5. The summed E-state index contributed by atoms with van der Waals surface area (Å²) in [5.74, 6) is -0.000748. The smallest absolute Gasteiger partial charge is 0.254 e. The van der Waals surface area contributed by atoms with Gasteiger partial charge in [0.05, 0.1) is 5.02 Å². The third kappa shape index (κ3) is 2.68. The Morgan fingerprint density at radius 1 is 1.37 bits per heavy atom. The van der Waals surface area contributed by atoms with E-state index in [0.717, 1.165) is 0 Å². The second-order valence-corrected chi connectivity index (χ2v) is 5.10. The van der Waals surface area contributed by atoms with Crippen LogP contribution in [-0.2, 0) is 0 Å². The molecule has 0 fully saturated rings. The number of rotatable bonds is 2. The normalized spacial score (nSPS) is 11.1. The molecule has 1 heterocycles. The third-order valence-corrected chi connectivity index (χ3v) is 3.21. The Balaban J connectivity index is 2.58. The molecule has 0 aliphatic heterocycles. The van der Waals surface area contributed by atoms with Gasteiger partial charge >= 0.3 is 0 Å². The van der Waals surface area contributed by atoms with Gasteiger partial charge in [0, 0.05) is 16.8 Å². The van der Waals surface area contributed by atoms with Gasteiger partial charge in [0.25, 0.3) is 5.56 Å². The molecule has 1 N–H and O–H groups in total. The number of benzene rings is 1. The Labute approximate surface area is 115 Å². The third-order valence-electron chi connectivity index (χ3n) is 2.92. The van der Waals surface area contributed by atoms with E-state index < -0.39 is 5.82 Å². The molecule has 3 nitrogen and oxygen atoms in total. The molecule has 0 amide bonds. The van der Waals surface area contributed by atoms with Crippen LogP contribution in [0.4, 0.5) is 4.39 Å². The lowest BCUT2D eigenvalue weighted by Crippen LogP contribution is -2.18. The average molecular weight is 281 g/mol. The van der Waals surface area contributed by atoms with Gasteiger partial charge in [-0.1, -0.05) is 25.4 Å². The van der Waals surface area contributed by atoms with Crippen molar-refractivity contribution in [3.8, 4) is 11.4 Å². The molecule has 1 aromatic carbocycles. The monoisotopic (exact) mass is 280 g/mol. The molecule has 1 aromatic heterocycles. The van der Waals surface area contributed by atoms with Gasteiger partial charge in [-0.3, -0.25) is 4.79 Å². The quantitative estimate of drug-likeness (QED) is 0.912.